The Kier molecular flexibility index (Phi) is 6.76. The van der Waals surface area contributed by atoms with Crippen molar-refractivity contribution >= 4 is 11.9 Å². The van der Waals surface area contributed by atoms with Gasteiger partial charge in [0.05, 0.1) is 13.0 Å². The zero-order valence-corrected chi connectivity index (χ0v) is 17.4. The van der Waals surface area contributed by atoms with Gasteiger partial charge in [-0.2, -0.15) is 0 Å². The number of ether oxygens (including phenoxy) is 2. The van der Waals surface area contributed by atoms with Crippen LogP contribution in [0.5, 0.6) is 0 Å². The molecule has 28 heavy (non-hydrogen) atoms. The number of nitrogens with one attached hydrogen (secondary N) is 1. The molecule has 2 fully saturated rings. The molecule has 1 saturated carbocycles. The summed E-state index contributed by atoms with van der Waals surface area (Å²) in [4.78, 5) is 25.3. The molecule has 0 aromatic heterocycles. The van der Waals surface area contributed by atoms with Crippen LogP contribution >= 0.6 is 0 Å². The Morgan fingerprint density at radius 1 is 1.07 bits per heavy atom. The van der Waals surface area contributed by atoms with E-state index >= 15 is 0 Å². The largest absolute Gasteiger partial charge is 0.468 e. The molecule has 5 nitrogen and oxygen atoms in total. The number of carbonyl (C=O) groups is 2. The zero-order valence-electron chi connectivity index (χ0n) is 17.4. The lowest BCUT2D eigenvalue weighted by Gasteiger charge is -2.37. The minimum atomic E-state index is -0.487. The van der Waals surface area contributed by atoms with Crippen LogP contribution in [0.1, 0.15) is 58.1 Å². The van der Waals surface area contributed by atoms with Crippen LogP contribution in [-0.4, -0.2) is 31.2 Å². The second kappa shape index (κ2) is 9.08. The van der Waals surface area contributed by atoms with E-state index in [1.165, 1.54) is 13.5 Å². The van der Waals surface area contributed by atoms with E-state index in [0.29, 0.717) is 24.2 Å². The Morgan fingerprint density at radius 3 is 2.43 bits per heavy atom. The van der Waals surface area contributed by atoms with Gasteiger partial charge < -0.3 is 9.47 Å². The first-order chi connectivity index (χ1) is 13.4. The van der Waals surface area contributed by atoms with Gasteiger partial charge in [-0.3, -0.25) is 14.9 Å². The average Bonchev–Trinajstić information content (AvgIpc) is 3.13. The van der Waals surface area contributed by atoms with Gasteiger partial charge in [-0.1, -0.05) is 57.5 Å². The SMILES string of the molecule is COC(=O)[C@@H]1C[C@H](C(=O)O[C@@H]2C[C@H](C)CC[C@H]2C(C)C)[C@H](c2ccccc2)N1. The third-order valence-electron chi connectivity index (χ3n) is 6.45. The summed E-state index contributed by atoms with van der Waals surface area (Å²) in [5, 5.41) is 3.29. The molecule has 1 N–H and O–H groups in total. The molecular weight excluding hydrogens is 354 g/mol. The highest BCUT2D eigenvalue weighted by Crippen LogP contribution is 2.38. The van der Waals surface area contributed by atoms with E-state index in [-0.39, 0.29) is 24.1 Å². The highest BCUT2D eigenvalue weighted by Gasteiger charge is 2.45. The van der Waals surface area contributed by atoms with Crippen molar-refractivity contribution in [3.05, 3.63) is 35.9 Å². The second-order valence-corrected chi connectivity index (χ2v) is 8.77. The van der Waals surface area contributed by atoms with E-state index in [4.69, 9.17) is 9.47 Å². The zero-order chi connectivity index (χ0) is 20.3. The number of esters is 2. The summed E-state index contributed by atoms with van der Waals surface area (Å²) in [6, 6.07) is 9.08. The molecule has 1 aliphatic heterocycles. The summed E-state index contributed by atoms with van der Waals surface area (Å²) in [7, 11) is 1.38. The smallest absolute Gasteiger partial charge is 0.322 e. The van der Waals surface area contributed by atoms with Gasteiger partial charge in [0.15, 0.2) is 0 Å². The van der Waals surface area contributed by atoms with E-state index in [2.05, 4.69) is 26.1 Å². The van der Waals surface area contributed by atoms with Crippen molar-refractivity contribution < 1.29 is 19.1 Å². The first-order valence-electron chi connectivity index (χ1n) is 10.5. The molecule has 0 radical (unpaired) electrons. The Morgan fingerprint density at radius 2 is 1.79 bits per heavy atom. The average molecular weight is 388 g/mol. The summed E-state index contributed by atoms with van der Waals surface area (Å²) >= 11 is 0. The fourth-order valence-electron chi connectivity index (χ4n) is 4.81. The van der Waals surface area contributed by atoms with Crippen molar-refractivity contribution in [1.82, 2.24) is 5.32 Å². The highest BCUT2D eigenvalue weighted by molar-refractivity contribution is 5.80. The molecule has 5 heteroatoms. The Balaban J connectivity index is 1.77. The van der Waals surface area contributed by atoms with Gasteiger partial charge in [-0.05, 0) is 42.6 Å². The van der Waals surface area contributed by atoms with Crippen molar-refractivity contribution in [2.75, 3.05) is 7.11 Å². The van der Waals surface area contributed by atoms with Crippen molar-refractivity contribution in [1.29, 1.82) is 0 Å². The molecule has 6 atom stereocenters. The lowest BCUT2D eigenvalue weighted by atomic mass is 9.75. The fourth-order valence-corrected chi connectivity index (χ4v) is 4.81. The molecule has 0 amide bonds. The van der Waals surface area contributed by atoms with Crippen LogP contribution in [0.3, 0.4) is 0 Å². The van der Waals surface area contributed by atoms with Crippen LogP contribution in [-0.2, 0) is 19.1 Å². The number of rotatable bonds is 5. The number of hydrogen-bond acceptors (Lipinski definition) is 5. The molecule has 0 spiro atoms. The van der Waals surface area contributed by atoms with Crippen molar-refractivity contribution in [2.24, 2.45) is 23.7 Å². The van der Waals surface area contributed by atoms with Gasteiger partial charge >= 0.3 is 11.9 Å². The maximum atomic E-state index is 13.2. The molecule has 3 rings (SSSR count). The molecule has 0 bridgehead atoms. The van der Waals surface area contributed by atoms with E-state index in [1.54, 1.807) is 0 Å². The van der Waals surface area contributed by atoms with Gasteiger partial charge in [0.2, 0.25) is 0 Å². The van der Waals surface area contributed by atoms with Crippen molar-refractivity contribution in [3.8, 4) is 0 Å². The second-order valence-electron chi connectivity index (χ2n) is 8.77. The van der Waals surface area contributed by atoms with E-state index in [0.717, 1.165) is 18.4 Å². The molecular formula is C23H33NO4. The molecule has 1 aromatic carbocycles. The Bertz CT molecular complexity index is 674. The van der Waals surface area contributed by atoms with Crippen LogP contribution in [0.4, 0.5) is 0 Å². The van der Waals surface area contributed by atoms with E-state index in [9.17, 15) is 9.59 Å². The van der Waals surface area contributed by atoms with Crippen LogP contribution in [0.15, 0.2) is 30.3 Å². The lowest BCUT2D eigenvalue weighted by Crippen LogP contribution is -2.38. The summed E-state index contributed by atoms with van der Waals surface area (Å²) in [5.74, 6) is 0.541. The first-order valence-corrected chi connectivity index (χ1v) is 10.5. The molecule has 0 unspecified atom stereocenters. The van der Waals surface area contributed by atoms with Crippen LogP contribution in [0, 0.1) is 23.7 Å². The predicted molar refractivity (Wildman–Crippen MR) is 107 cm³/mol. The molecule has 2 aliphatic rings. The van der Waals surface area contributed by atoms with Crippen LogP contribution in [0.2, 0.25) is 0 Å². The number of carbonyl (C=O) groups excluding carboxylic acids is 2. The minimum Gasteiger partial charge on any atom is -0.468 e. The topological polar surface area (TPSA) is 64.6 Å². The monoisotopic (exact) mass is 387 g/mol. The van der Waals surface area contributed by atoms with Crippen molar-refractivity contribution in [3.63, 3.8) is 0 Å². The number of methoxy groups -OCH3 is 1. The highest BCUT2D eigenvalue weighted by atomic mass is 16.5. The first kappa shape index (κ1) is 20.8. The quantitative estimate of drug-likeness (QED) is 0.777. The molecule has 1 saturated heterocycles. The van der Waals surface area contributed by atoms with Gasteiger partial charge in [-0.15, -0.1) is 0 Å². The summed E-state index contributed by atoms with van der Waals surface area (Å²) in [6.07, 6.45) is 3.58. The Labute approximate surface area is 168 Å². The van der Waals surface area contributed by atoms with E-state index in [1.807, 2.05) is 30.3 Å². The van der Waals surface area contributed by atoms with E-state index < -0.39 is 12.0 Å². The predicted octanol–water partition coefficient (Wildman–Crippen LogP) is 3.88. The normalized spacial score (nSPS) is 32.9. The molecule has 154 valence electrons. The molecule has 1 aromatic rings. The number of benzene rings is 1. The third kappa shape index (κ3) is 4.57. The number of hydrogen-bond donors (Lipinski definition) is 1. The standard InChI is InChI=1S/C23H33NO4/c1-14(2)17-11-10-15(3)12-20(17)28-22(25)18-13-19(23(26)27-4)24-21(18)16-8-6-5-7-9-16/h5-9,14-15,17-21,24H,10-13H2,1-4H3/t15-,17+,18+,19+,20-,21+/m1/s1. The lowest BCUT2D eigenvalue weighted by molar-refractivity contribution is -0.161. The van der Waals surface area contributed by atoms with Crippen LogP contribution in [0.25, 0.3) is 0 Å². The molecule has 1 aliphatic carbocycles. The summed E-state index contributed by atoms with van der Waals surface area (Å²) < 4.78 is 11.0. The maximum Gasteiger partial charge on any atom is 0.322 e. The van der Waals surface area contributed by atoms with Crippen LogP contribution < -0.4 is 5.32 Å². The minimum absolute atomic E-state index is 0.0372. The van der Waals surface area contributed by atoms with Crippen molar-refractivity contribution in [2.45, 2.75) is 64.6 Å². The maximum absolute atomic E-state index is 13.2. The molecule has 1 heterocycles. The third-order valence-corrected chi connectivity index (χ3v) is 6.45. The van der Waals surface area contributed by atoms with Gasteiger partial charge in [0.1, 0.15) is 12.1 Å². The van der Waals surface area contributed by atoms with Gasteiger partial charge in [0, 0.05) is 6.04 Å². The summed E-state index contributed by atoms with van der Waals surface area (Å²) in [5.41, 5.74) is 0.994. The van der Waals surface area contributed by atoms with Gasteiger partial charge in [-0.25, -0.2) is 0 Å². The van der Waals surface area contributed by atoms with Gasteiger partial charge in [0.25, 0.3) is 0 Å². The fraction of sp³-hybridized carbons (Fsp3) is 0.652. The summed E-state index contributed by atoms with van der Waals surface area (Å²) in [6.45, 7) is 6.64. The Hall–Kier alpha value is -1.88.